The third kappa shape index (κ3) is 4.17. The smallest absolute Gasteiger partial charge is 0.331 e. The van der Waals surface area contributed by atoms with Crippen molar-refractivity contribution in [2.45, 2.75) is 25.9 Å². The third-order valence-corrected chi connectivity index (χ3v) is 8.04. The van der Waals surface area contributed by atoms with E-state index in [4.69, 9.17) is 0 Å². The molecular formula is C28H27N7O6. The molecule has 2 aromatic carbocycles. The molecule has 210 valence electrons. The molecule has 1 atom stereocenters. The molecule has 2 fully saturated rings. The van der Waals surface area contributed by atoms with Gasteiger partial charge in [-0.15, -0.1) is 0 Å². The minimum Gasteiger partial charge on any atom is -0.494 e. The second kappa shape index (κ2) is 9.77. The maximum absolute atomic E-state index is 13.5. The fourth-order valence-electron chi connectivity index (χ4n) is 6.01. The molecule has 0 radical (unpaired) electrons. The summed E-state index contributed by atoms with van der Waals surface area (Å²) in [5.74, 6) is -1.82. The molecule has 0 bridgehead atoms. The number of carbonyl (C=O) groups is 3. The lowest BCUT2D eigenvalue weighted by Gasteiger charge is -2.54. The molecule has 0 aliphatic carbocycles. The molecule has 0 unspecified atom stereocenters. The maximum atomic E-state index is 13.5. The summed E-state index contributed by atoms with van der Waals surface area (Å²) in [5.41, 5.74) is -0.386. The summed E-state index contributed by atoms with van der Waals surface area (Å²) in [6.45, 7) is 3.35. The summed E-state index contributed by atoms with van der Waals surface area (Å²) in [5, 5.41) is 15.0. The molecule has 3 aliphatic heterocycles. The summed E-state index contributed by atoms with van der Waals surface area (Å²) in [6.07, 6.45) is 1.19. The van der Waals surface area contributed by atoms with Crippen molar-refractivity contribution in [3.63, 3.8) is 0 Å². The van der Waals surface area contributed by atoms with Crippen molar-refractivity contribution in [2.75, 3.05) is 29.4 Å². The second-order valence-electron chi connectivity index (χ2n) is 10.2. The number of barbiturate groups is 1. The summed E-state index contributed by atoms with van der Waals surface area (Å²) in [7, 11) is 0. The van der Waals surface area contributed by atoms with Crippen LogP contribution in [0.1, 0.15) is 18.1 Å². The van der Waals surface area contributed by atoms with Gasteiger partial charge in [-0.1, -0.05) is 18.2 Å². The Hall–Kier alpha value is -5.20. The molecule has 3 aromatic rings. The van der Waals surface area contributed by atoms with Crippen LogP contribution in [0.15, 0.2) is 63.1 Å². The molecule has 3 aliphatic rings. The van der Waals surface area contributed by atoms with Crippen molar-refractivity contribution in [2.24, 2.45) is 10.4 Å². The van der Waals surface area contributed by atoms with E-state index >= 15 is 0 Å². The van der Waals surface area contributed by atoms with Gasteiger partial charge in [0.15, 0.2) is 5.41 Å². The number of para-hydroxylation sites is 1. The zero-order valence-electron chi connectivity index (χ0n) is 22.1. The number of benzene rings is 2. The number of urea groups is 1. The molecule has 6 rings (SSSR count). The first kappa shape index (κ1) is 26.0. The summed E-state index contributed by atoms with van der Waals surface area (Å²) < 4.78 is 1.01. The number of aliphatic imine (C=N–C) groups is 1. The number of aromatic nitrogens is 2. The molecule has 13 nitrogen and oxygen atoms in total. The van der Waals surface area contributed by atoms with E-state index in [1.165, 1.54) is 6.21 Å². The highest BCUT2D eigenvalue weighted by Gasteiger charge is 2.60. The highest BCUT2D eigenvalue weighted by Crippen LogP contribution is 2.45. The van der Waals surface area contributed by atoms with E-state index in [2.05, 4.69) is 25.5 Å². The number of rotatable bonds is 4. The summed E-state index contributed by atoms with van der Waals surface area (Å²) >= 11 is 0. The average molecular weight is 558 g/mol. The Bertz CT molecular complexity index is 1710. The lowest BCUT2D eigenvalue weighted by Crippen LogP contribution is -2.74. The zero-order chi connectivity index (χ0) is 28.9. The number of nitrogens with zero attached hydrogens (tertiary/aromatic N) is 4. The molecule has 41 heavy (non-hydrogen) atoms. The summed E-state index contributed by atoms with van der Waals surface area (Å²) in [6, 6.07) is 13.6. The number of fused-ring (bicyclic) bond motifs is 4. The molecule has 1 spiro atoms. The van der Waals surface area contributed by atoms with Crippen molar-refractivity contribution in [3.8, 4) is 5.88 Å². The van der Waals surface area contributed by atoms with Gasteiger partial charge in [0.2, 0.25) is 17.7 Å². The fourth-order valence-corrected chi connectivity index (χ4v) is 6.01. The zero-order valence-corrected chi connectivity index (χ0v) is 22.1. The SMILES string of the molecule is CCn1c(O)c(C=Nc2ccc3c(c2)CC2(C(=O)NC(=O)NC2=O)[C@@H]2CN(c4ccccc4)CCN32)c(=O)[nH]c1=O. The second-order valence-corrected chi connectivity index (χ2v) is 10.2. The molecule has 0 saturated carbocycles. The number of H-pyrrole nitrogens is 1. The van der Waals surface area contributed by atoms with Crippen LogP contribution in [0.2, 0.25) is 0 Å². The van der Waals surface area contributed by atoms with Crippen LogP contribution in [-0.2, 0) is 22.6 Å². The van der Waals surface area contributed by atoms with Crippen LogP contribution in [0.3, 0.4) is 0 Å². The van der Waals surface area contributed by atoms with Crippen molar-refractivity contribution in [1.82, 2.24) is 20.2 Å². The molecule has 1 aromatic heterocycles. The van der Waals surface area contributed by atoms with Crippen LogP contribution >= 0.6 is 0 Å². The van der Waals surface area contributed by atoms with Gasteiger partial charge >= 0.3 is 11.7 Å². The molecular weight excluding hydrogens is 530 g/mol. The van der Waals surface area contributed by atoms with Crippen LogP contribution in [0.4, 0.5) is 21.9 Å². The average Bonchev–Trinajstić information content (AvgIpc) is 2.95. The number of amides is 4. The van der Waals surface area contributed by atoms with E-state index in [0.29, 0.717) is 30.9 Å². The van der Waals surface area contributed by atoms with Gasteiger partial charge in [0, 0.05) is 43.8 Å². The van der Waals surface area contributed by atoms with E-state index < -0.39 is 46.4 Å². The Morgan fingerprint density at radius 2 is 1.76 bits per heavy atom. The lowest BCUT2D eigenvalue weighted by molar-refractivity contribution is -0.146. The van der Waals surface area contributed by atoms with Crippen LogP contribution in [0, 0.1) is 5.41 Å². The Balaban J connectivity index is 1.40. The van der Waals surface area contributed by atoms with Crippen LogP contribution < -0.4 is 31.7 Å². The largest absolute Gasteiger partial charge is 0.494 e. The van der Waals surface area contributed by atoms with Crippen LogP contribution in [-0.4, -0.2) is 64.4 Å². The minimum absolute atomic E-state index is 0.0208. The van der Waals surface area contributed by atoms with Gasteiger partial charge in [-0.05, 0) is 49.2 Å². The highest BCUT2D eigenvalue weighted by atomic mass is 16.3. The highest BCUT2D eigenvalue weighted by molar-refractivity contribution is 6.20. The fraction of sp³-hybridized carbons (Fsp3) is 0.286. The Morgan fingerprint density at radius 1 is 1.02 bits per heavy atom. The molecule has 2 saturated heterocycles. The minimum atomic E-state index is -1.58. The van der Waals surface area contributed by atoms with Gasteiger partial charge in [-0.2, -0.15) is 0 Å². The third-order valence-electron chi connectivity index (χ3n) is 8.04. The van der Waals surface area contributed by atoms with E-state index in [0.717, 1.165) is 15.9 Å². The van der Waals surface area contributed by atoms with Gasteiger partial charge in [0.1, 0.15) is 5.56 Å². The van der Waals surface area contributed by atoms with Crippen molar-refractivity contribution >= 4 is 41.1 Å². The van der Waals surface area contributed by atoms with Gasteiger partial charge < -0.3 is 14.9 Å². The molecule has 13 heteroatoms. The number of nitrogens with one attached hydrogen (secondary N) is 3. The van der Waals surface area contributed by atoms with Crippen molar-refractivity contribution < 1.29 is 19.5 Å². The predicted octanol–water partition coefficient (Wildman–Crippen LogP) is 0.616. The van der Waals surface area contributed by atoms with Gasteiger partial charge in [-0.3, -0.25) is 39.6 Å². The monoisotopic (exact) mass is 557 g/mol. The summed E-state index contributed by atoms with van der Waals surface area (Å²) in [4.78, 5) is 73.9. The van der Waals surface area contributed by atoms with Crippen molar-refractivity contribution in [1.29, 1.82) is 0 Å². The number of carbonyl (C=O) groups excluding carboxylic acids is 3. The Morgan fingerprint density at radius 3 is 2.46 bits per heavy atom. The first-order chi connectivity index (χ1) is 19.7. The predicted molar refractivity (Wildman–Crippen MR) is 150 cm³/mol. The number of aromatic amines is 1. The normalized spacial score (nSPS) is 19.6. The first-order valence-corrected chi connectivity index (χ1v) is 13.2. The topological polar surface area (TPSA) is 169 Å². The maximum Gasteiger partial charge on any atom is 0.331 e. The van der Waals surface area contributed by atoms with E-state index in [1.54, 1.807) is 19.1 Å². The number of aromatic hydroxyl groups is 1. The van der Waals surface area contributed by atoms with Crippen molar-refractivity contribution in [3.05, 3.63) is 80.5 Å². The molecule has 4 heterocycles. The van der Waals surface area contributed by atoms with Gasteiger partial charge in [-0.25, -0.2) is 9.59 Å². The Kier molecular flexibility index (Phi) is 6.20. The lowest BCUT2D eigenvalue weighted by atomic mass is 9.68. The number of piperazine rings is 1. The number of hydrogen-bond acceptors (Lipinski definition) is 9. The standard InChI is InChI=1S/C28H27N7O6/c1-2-34-23(37)19(22(36)30-27(34)41)14-29-17-8-9-20-16(12-17)13-28(24(38)31-26(40)32-25(28)39)21-15-33(10-11-35(20)21)18-6-4-3-5-7-18/h3-9,12,14,21,37H,2,10-11,13,15H2,1H3,(H,30,36,41)(H2,31,32,38,39,40)/t21-/m0/s1. The van der Waals surface area contributed by atoms with Crippen LogP contribution in [0.25, 0.3) is 0 Å². The number of imide groups is 2. The molecule has 4 amide bonds. The number of hydrogen-bond donors (Lipinski definition) is 4. The van der Waals surface area contributed by atoms with Gasteiger partial charge in [0.25, 0.3) is 5.56 Å². The number of anilines is 2. The van der Waals surface area contributed by atoms with Gasteiger partial charge in [0.05, 0.1) is 11.7 Å². The quantitative estimate of drug-likeness (QED) is 0.267. The first-order valence-electron chi connectivity index (χ1n) is 13.2. The van der Waals surface area contributed by atoms with E-state index in [-0.39, 0.29) is 18.5 Å². The van der Waals surface area contributed by atoms with E-state index in [9.17, 15) is 29.1 Å². The van der Waals surface area contributed by atoms with E-state index in [1.807, 2.05) is 41.3 Å². The van der Waals surface area contributed by atoms with Crippen LogP contribution in [0.5, 0.6) is 5.88 Å². The Labute approximate surface area is 233 Å². The molecule has 4 N–H and O–H groups in total.